The van der Waals surface area contributed by atoms with Gasteiger partial charge in [0.1, 0.15) is 11.4 Å². The first-order valence-electron chi connectivity index (χ1n) is 9.30. The minimum absolute atomic E-state index is 0.0224. The van der Waals surface area contributed by atoms with Crippen LogP contribution in [0, 0.1) is 5.82 Å². The van der Waals surface area contributed by atoms with E-state index in [9.17, 15) is 14.0 Å². The number of halogens is 2. The molecule has 0 radical (unpaired) electrons. The van der Waals surface area contributed by atoms with Crippen molar-refractivity contribution in [2.24, 2.45) is 0 Å². The summed E-state index contributed by atoms with van der Waals surface area (Å²) in [4.78, 5) is 27.7. The molecule has 1 aromatic heterocycles. The van der Waals surface area contributed by atoms with Crippen molar-refractivity contribution in [2.45, 2.75) is 13.1 Å². The van der Waals surface area contributed by atoms with Crippen molar-refractivity contribution in [3.05, 3.63) is 117 Å². The van der Waals surface area contributed by atoms with E-state index in [2.05, 4.69) is 0 Å². The number of fused-ring (bicyclic) bond motifs is 1. The van der Waals surface area contributed by atoms with E-state index in [-0.39, 0.29) is 30.2 Å². The molecule has 0 bridgehead atoms. The molecule has 0 aliphatic rings. The standard InChI is InChI=1S/C24H17ClFNO3/c25-21-7-3-1-5-19(21)24(29)27(13-16-9-11-18(26)12-10-16)14-17-15-30-22-8-4-2-6-20(22)23(17)28/h1-12,15H,13-14H2. The molecule has 150 valence electrons. The molecule has 4 rings (SSSR count). The van der Waals surface area contributed by atoms with Gasteiger partial charge in [-0.25, -0.2) is 4.39 Å². The van der Waals surface area contributed by atoms with Gasteiger partial charge in [0.2, 0.25) is 0 Å². The van der Waals surface area contributed by atoms with Crippen LogP contribution < -0.4 is 5.43 Å². The lowest BCUT2D eigenvalue weighted by Crippen LogP contribution is -2.32. The van der Waals surface area contributed by atoms with Crippen molar-refractivity contribution >= 4 is 28.5 Å². The summed E-state index contributed by atoms with van der Waals surface area (Å²) in [6, 6.07) is 19.5. The van der Waals surface area contributed by atoms with Gasteiger partial charge in [0, 0.05) is 6.54 Å². The molecule has 0 aliphatic carbocycles. The second kappa shape index (κ2) is 8.51. The van der Waals surface area contributed by atoms with Crippen molar-refractivity contribution in [3.63, 3.8) is 0 Å². The van der Waals surface area contributed by atoms with Gasteiger partial charge in [-0.1, -0.05) is 48.0 Å². The van der Waals surface area contributed by atoms with Crippen molar-refractivity contribution in [3.8, 4) is 0 Å². The van der Waals surface area contributed by atoms with Gasteiger partial charge in [0.15, 0.2) is 5.43 Å². The quantitative estimate of drug-likeness (QED) is 0.432. The summed E-state index contributed by atoms with van der Waals surface area (Å²) >= 11 is 6.22. The molecule has 0 fully saturated rings. The van der Waals surface area contributed by atoms with E-state index in [0.717, 1.165) is 5.56 Å². The van der Waals surface area contributed by atoms with Crippen LogP contribution in [-0.2, 0) is 13.1 Å². The molecule has 6 heteroatoms. The number of carbonyl (C=O) groups is 1. The molecule has 4 aromatic rings. The van der Waals surface area contributed by atoms with E-state index < -0.39 is 0 Å². The van der Waals surface area contributed by atoms with Crippen LogP contribution in [0.15, 0.2) is 88.3 Å². The zero-order valence-corrected chi connectivity index (χ0v) is 16.6. The highest BCUT2D eigenvalue weighted by Gasteiger charge is 2.21. The predicted molar refractivity (Wildman–Crippen MR) is 114 cm³/mol. The summed E-state index contributed by atoms with van der Waals surface area (Å²) in [5.41, 5.74) is 1.67. The fourth-order valence-corrected chi connectivity index (χ4v) is 3.46. The summed E-state index contributed by atoms with van der Waals surface area (Å²) in [5, 5.41) is 0.763. The zero-order valence-electron chi connectivity index (χ0n) is 15.8. The molecule has 0 saturated heterocycles. The van der Waals surface area contributed by atoms with Crippen LogP contribution in [0.3, 0.4) is 0 Å². The molecule has 0 saturated carbocycles. The molecular weight excluding hydrogens is 405 g/mol. The van der Waals surface area contributed by atoms with E-state index in [1.165, 1.54) is 23.3 Å². The lowest BCUT2D eigenvalue weighted by Gasteiger charge is -2.23. The Labute approximate surface area is 177 Å². The maximum Gasteiger partial charge on any atom is 0.255 e. The van der Waals surface area contributed by atoms with Gasteiger partial charge in [-0.2, -0.15) is 0 Å². The zero-order chi connectivity index (χ0) is 21.1. The minimum atomic E-state index is -0.363. The average molecular weight is 422 g/mol. The van der Waals surface area contributed by atoms with Gasteiger partial charge >= 0.3 is 0 Å². The van der Waals surface area contributed by atoms with E-state index in [1.54, 1.807) is 60.7 Å². The fraction of sp³-hybridized carbons (Fsp3) is 0.0833. The highest BCUT2D eigenvalue weighted by Crippen LogP contribution is 2.21. The van der Waals surface area contributed by atoms with Crippen molar-refractivity contribution in [2.75, 3.05) is 0 Å². The molecule has 3 aromatic carbocycles. The number of rotatable bonds is 5. The first-order valence-corrected chi connectivity index (χ1v) is 9.68. The number of nitrogens with zero attached hydrogens (tertiary/aromatic N) is 1. The van der Waals surface area contributed by atoms with Gasteiger partial charge in [0.05, 0.1) is 34.3 Å². The summed E-state index contributed by atoms with van der Waals surface area (Å²) in [7, 11) is 0. The minimum Gasteiger partial charge on any atom is -0.464 e. The molecule has 1 heterocycles. The molecular formula is C24H17ClFNO3. The Bertz CT molecular complexity index is 1270. The molecule has 0 spiro atoms. The normalized spacial score (nSPS) is 10.9. The maximum absolute atomic E-state index is 13.3. The van der Waals surface area contributed by atoms with Crippen LogP contribution in [0.4, 0.5) is 4.39 Å². The maximum atomic E-state index is 13.3. The smallest absolute Gasteiger partial charge is 0.255 e. The van der Waals surface area contributed by atoms with Gasteiger partial charge in [0.25, 0.3) is 5.91 Å². The first kappa shape index (κ1) is 19.9. The Hall–Kier alpha value is -3.44. The number of benzene rings is 3. The Kier molecular flexibility index (Phi) is 5.63. The molecule has 0 N–H and O–H groups in total. The third kappa shape index (κ3) is 4.11. The van der Waals surface area contributed by atoms with E-state index in [0.29, 0.717) is 27.1 Å². The van der Waals surface area contributed by atoms with Crippen molar-refractivity contribution in [1.29, 1.82) is 0 Å². The van der Waals surface area contributed by atoms with Gasteiger partial charge in [-0.15, -0.1) is 0 Å². The Morgan fingerprint density at radius 1 is 0.933 bits per heavy atom. The highest BCUT2D eigenvalue weighted by atomic mass is 35.5. The molecule has 0 aliphatic heterocycles. The molecule has 30 heavy (non-hydrogen) atoms. The Morgan fingerprint density at radius 3 is 2.40 bits per heavy atom. The van der Waals surface area contributed by atoms with Crippen molar-refractivity contribution in [1.82, 2.24) is 4.90 Å². The summed E-state index contributed by atoms with van der Waals surface area (Å²) in [6.45, 7) is 0.200. The second-order valence-corrected chi connectivity index (χ2v) is 7.26. The van der Waals surface area contributed by atoms with E-state index in [4.69, 9.17) is 16.0 Å². The topological polar surface area (TPSA) is 50.5 Å². The summed E-state index contributed by atoms with van der Waals surface area (Å²) in [5.74, 6) is -0.699. The van der Waals surface area contributed by atoms with Crippen LogP contribution in [-0.4, -0.2) is 10.8 Å². The van der Waals surface area contributed by atoms with Crippen LogP contribution >= 0.6 is 11.6 Å². The van der Waals surface area contributed by atoms with Gasteiger partial charge in [-0.3, -0.25) is 9.59 Å². The fourth-order valence-electron chi connectivity index (χ4n) is 3.25. The van der Waals surface area contributed by atoms with Crippen LogP contribution in [0.25, 0.3) is 11.0 Å². The van der Waals surface area contributed by atoms with E-state index >= 15 is 0 Å². The lowest BCUT2D eigenvalue weighted by atomic mass is 10.1. The van der Waals surface area contributed by atoms with Gasteiger partial charge < -0.3 is 9.32 Å². The SMILES string of the molecule is O=C(c1ccccc1Cl)N(Cc1ccc(F)cc1)Cc1coc2ccccc2c1=O. The average Bonchev–Trinajstić information content (AvgIpc) is 2.76. The molecule has 4 nitrogen and oxygen atoms in total. The first-order chi connectivity index (χ1) is 14.5. The summed E-state index contributed by atoms with van der Waals surface area (Å²) < 4.78 is 18.9. The van der Waals surface area contributed by atoms with Gasteiger partial charge in [-0.05, 0) is 42.0 Å². The number of carbonyl (C=O) groups excluding carboxylic acids is 1. The highest BCUT2D eigenvalue weighted by molar-refractivity contribution is 6.33. The van der Waals surface area contributed by atoms with Crippen LogP contribution in [0.1, 0.15) is 21.5 Å². The second-order valence-electron chi connectivity index (χ2n) is 6.85. The van der Waals surface area contributed by atoms with Crippen molar-refractivity contribution < 1.29 is 13.6 Å². The predicted octanol–water partition coefficient (Wildman–Crippen LogP) is 5.43. The largest absolute Gasteiger partial charge is 0.464 e. The molecule has 0 atom stereocenters. The van der Waals surface area contributed by atoms with Crippen LogP contribution in [0.5, 0.6) is 0 Å². The van der Waals surface area contributed by atoms with E-state index in [1.807, 2.05) is 0 Å². The molecule has 0 unspecified atom stereocenters. The Balaban J connectivity index is 1.72. The number of hydrogen-bond acceptors (Lipinski definition) is 3. The number of para-hydroxylation sites is 1. The molecule has 1 amide bonds. The number of hydrogen-bond donors (Lipinski definition) is 0. The lowest BCUT2D eigenvalue weighted by molar-refractivity contribution is 0.0729. The Morgan fingerprint density at radius 2 is 1.63 bits per heavy atom. The summed E-state index contributed by atoms with van der Waals surface area (Å²) in [6.07, 6.45) is 1.38. The monoisotopic (exact) mass is 421 g/mol. The third-order valence-electron chi connectivity index (χ3n) is 4.79. The number of amides is 1. The third-order valence-corrected chi connectivity index (χ3v) is 5.12. The van der Waals surface area contributed by atoms with Crippen LogP contribution in [0.2, 0.25) is 5.02 Å².